The van der Waals surface area contributed by atoms with Gasteiger partial charge in [0.2, 0.25) is 17.2 Å². The lowest BCUT2D eigenvalue weighted by Crippen LogP contribution is -2.16. The number of nitrogens with one attached hydrogen (secondary N) is 1. The quantitative estimate of drug-likeness (QED) is 0.418. The van der Waals surface area contributed by atoms with Crippen molar-refractivity contribution in [3.05, 3.63) is 54.1 Å². The molecule has 0 aliphatic heterocycles. The highest BCUT2D eigenvalue weighted by Gasteiger charge is 2.35. The van der Waals surface area contributed by atoms with Crippen molar-refractivity contribution in [1.29, 1.82) is 0 Å². The number of methoxy groups -OCH3 is 2. The lowest BCUT2D eigenvalue weighted by Gasteiger charge is -2.15. The van der Waals surface area contributed by atoms with E-state index in [4.69, 9.17) is 22.9 Å². The van der Waals surface area contributed by atoms with Crippen molar-refractivity contribution in [3.8, 4) is 23.0 Å². The van der Waals surface area contributed by atoms with Gasteiger partial charge in [0.1, 0.15) is 11.5 Å². The number of hydrogen-bond donors (Lipinski definition) is 1. The number of hydrogen-bond acceptors (Lipinski definition) is 8. The van der Waals surface area contributed by atoms with Crippen molar-refractivity contribution in [2.24, 2.45) is 0 Å². The van der Waals surface area contributed by atoms with Gasteiger partial charge >= 0.3 is 7.60 Å². The summed E-state index contributed by atoms with van der Waals surface area (Å²) in [7, 11) is -0.454. The summed E-state index contributed by atoms with van der Waals surface area (Å²) in [6.07, 6.45) is 0. The summed E-state index contributed by atoms with van der Waals surface area (Å²) < 4.78 is 40.8. The lowest BCUT2D eigenvalue weighted by molar-refractivity contribution is 0.229. The fourth-order valence-corrected chi connectivity index (χ4v) is 4.48. The second kappa shape index (κ2) is 10.5. The van der Waals surface area contributed by atoms with E-state index in [1.54, 1.807) is 40.2 Å². The smallest absolute Gasteiger partial charge is 0.385 e. The van der Waals surface area contributed by atoms with Crippen LogP contribution >= 0.6 is 7.60 Å². The number of aromatic nitrogens is 1. The molecule has 9 heteroatoms. The maximum Gasteiger partial charge on any atom is 0.385 e. The third-order valence-corrected chi connectivity index (χ3v) is 6.43. The van der Waals surface area contributed by atoms with Crippen LogP contribution in [0.4, 0.5) is 5.88 Å². The summed E-state index contributed by atoms with van der Waals surface area (Å²) in [5.74, 6) is 2.02. The predicted molar refractivity (Wildman–Crippen MR) is 119 cm³/mol. The zero-order valence-electron chi connectivity index (χ0n) is 18.1. The van der Waals surface area contributed by atoms with E-state index >= 15 is 0 Å². The van der Waals surface area contributed by atoms with Crippen LogP contribution in [0.15, 0.2) is 52.9 Å². The van der Waals surface area contributed by atoms with Gasteiger partial charge in [0.15, 0.2) is 0 Å². The molecule has 166 valence electrons. The summed E-state index contributed by atoms with van der Waals surface area (Å²) in [5, 5.41) is 3.18. The number of nitrogens with zero attached hydrogens (tertiary/aromatic N) is 1. The van der Waals surface area contributed by atoms with Gasteiger partial charge in [0, 0.05) is 12.1 Å². The maximum absolute atomic E-state index is 13.4. The Morgan fingerprint density at radius 1 is 0.903 bits per heavy atom. The van der Waals surface area contributed by atoms with Gasteiger partial charge in [0.05, 0.1) is 27.4 Å². The standard InChI is InChI=1S/C22H27N2O6P/c1-5-28-31(25,29-6-2)22-21(23-15-16-7-11-18(26-3)12-8-16)30-20(24-22)17-9-13-19(27-4)14-10-17/h7-14,23H,5-6,15H2,1-4H3. The molecule has 0 aliphatic rings. The largest absolute Gasteiger partial charge is 0.497 e. The third-order valence-electron chi connectivity index (χ3n) is 4.42. The monoisotopic (exact) mass is 446 g/mol. The van der Waals surface area contributed by atoms with Crippen molar-refractivity contribution in [2.75, 3.05) is 32.8 Å². The van der Waals surface area contributed by atoms with Crippen molar-refractivity contribution >= 4 is 18.9 Å². The van der Waals surface area contributed by atoms with Crippen LogP contribution in [0.25, 0.3) is 11.5 Å². The minimum absolute atomic E-state index is 0.121. The molecule has 3 rings (SSSR count). The number of oxazole rings is 1. The molecule has 0 fully saturated rings. The molecule has 31 heavy (non-hydrogen) atoms. The van der Waals surface area contributed by atoms with Crippen LogP contribution in [0.5, 0.6) is 11.5 Å². The normalized spacial score (nSPS) is 11.4. The summed E-state index contributed by atoms with van der Waals surface area (Å²) in [5.41, 5.74) is 1.81. The van der Waals surface area contributed by atoms with Crippen LogP contribution in [0.3, 0.4) is 0 Å². The SMILES string of the molecule is CCOP(=O)(OCC)c1nc(-c2ccc(OC)cc2)oc1NCc1ccc(OC)cc1. The highest BCUT2D eigenvalue weighted by Crippen LogP contribution is 2.49. The summed E-state index contributed by atoms with van der Waals surface area (Å²) in [6, 6.07) is 14.8. The average molecular weight is 446 g/mol. The van der Waals surface area contributed by atoms with E-state index in [0.717, 1.165) is 11.3 Å². The summed E-state index contributed by atoms with van der Waals surface area (Å²) in [4.78, 5) is 4.48. The van der Waals surface area contributed by atoms with Crippen LogP contribution in [-0.4, -0.2) is 32.4 Å². The fraction of sp³-hybridized carbons (Fsp3) is 0.318. The molecule has 1 aromatic heterocycles. The van der Waals surface area contributed by atoms with Gasteiger partial charge in [-0.15, -0.1) is 0 Å². The summed E-state index contributed by atoms with van der Waals surface area (Å²) >= 11 is 0. The molecule has 0 saturated heterocycles. The van der Waals surface area contributed by atoms with E-state index in [-0.39, 0.29) is 24.5 Å². The number of ether oxygens (including phenoxy) is 2. The van der Waals surface area contributed by atoms with Gasteiger partial charge in [-0.3, -0.25) is 4.57 Å². The third kappa shape index (κ3) is 5.47. The van der Waals surface area contributed by atoms with Crippen LogP contribution in [0, 0.1) is 0 Å². The van der Waals surface area contributed by atoms with Crippen molar-refractivity contribution in [2.45, 2.75) is 20.4 Å². The van der Waals surface area contributed by atoms with Crippen molar-refractivity contribution in [1.82, 2.24) is 4.98 Å². The Morgan fingerprint density at radius 3 is 1.97 bits per heavy atom. The number of anilines is 1. The van der Waals surface area contributed by atoms with Crippen LogP contribution < -0.4 is 20.2 Å². The Balaban J connectivity index is 1.95. The Kier molecular flexibility index (Phi) is 7.74. The first-order valence-corrected chi connectivity index (χ1v) is 11.5. The van der Waals surface area contributed by atoms with Crippen molar-refractivity contribution in [3.63, 3.8) is 0 Å². The van der Waals surface area contributed by atoms with Crippen LogP contribution in [-0.2, 0) is 20.2 Å². The van der Waals surface area contributed by atoms with E-state index < -0.39 is 7.60 Å². The minimum Gasteiger partial charge on any atom is -0.497 e. The molecule has 0 amide bonds. The highest BCUT2D eigenvalue weighted by atomic mass is 31.2. The molecule has 0 unspecified atom stereocenters. The molecule has 0 spiro atoms. The first-order chi connectivity index (χ1) is 15.0. The zero-order chi connectivity index (χ0) is 22.3. The predicted octanol–water partition coefficient (Wildman–Crippen LogP) is 4.86. The zero-order valence-corrected chi connectivity index (χ0v) is 19.0. The minimum atomic E-state index is -3.67. The molecule has 0 radical (unpaired) electrons. The van der Waals surface area contributed by atoms with E-state index in [9.17, 15) is 4.57 Å². The average Bonchev–Trinajstić information content (AvgIpc) is 3.23. The molecule has 3 aromatic rings. The fourth-order valence-electron chi connectivity index (χ4n) is 2.90. The molecule has 8 nitrogen and oxygen atoms in total. The molecular weight excluding hydrogens is 419 g/mol. The van der Waals surface area contributed by atoms with Crippen molar-refractivity contribution < 1.29 is 27.5 Å². The lowest BCUT2D eigenvalue weighted by atomic mass is 10.2. The van der Waals surface area contributed by atoms with E-state index in [1.165, 1.54) is 0 Å². The van der Waals surface area contributed by atoms with E-state index in [0.29, 0.717) is 23.7 Å². The highest BCUT2D eigenvalue weighted by molar-refractivity contribution is 7.62. The first kappa shape index (κ1) is 22.9. The molecule has 1 N–H and O–H groups in total. The van der Waals surface area contributed by atoms with Crippen LogP contribution in [0.2, 0.25) is 0 Å². The van der Waals surface area contributed by atoms with Gasteiger partial charge in [0.25, 0.3) is 0 Å². The Labute approximate surface area is 182 Å². The van der Waals surface area contributed by atoms with Gasteiger partial charge in [-0.05, 0) is 55.8 Å². The molecule has 0 atom stereocenters. The van der Waals surface area contributed by atoms with Gasteiger partial charge in [-0.1, -0.05) is 12.1 Å². The second-order valence-corrected chi connectivity index (χ2v) is 8.37. The molecule has 0 saturated carbocycles. The van der Waals surface area contributed by atoms with Gasteiger partial charge in [-0.25, -0.2) is 0 Å². The maximum atomic E-state index is 13.4. The van der Waals surface area contributed by atoms with Gasteiger partial charge < -0.3 is 28.3 Å². The molecular formula is C22H27N2O6P. The van der Waals surface area contributed by atoms with Crippen LogP contribution in [0.1, 0.15) is 19.4 Å². The van der Waals surface area contributed by atoms with E-state index in [1.807, 2.05) is 36.4 Å². The Bertz CT molecular complexity index is 1010. The topological polar surface area (TPSA) is 92.1 Å². The molecule has 2 aromatic carbocycles. The number of benzene rings is 2. The Hall–Kier alpha value is -2.80. The van der Waals surface area contributed by atoms with Gasteiger partial charge in [-0.2, -0.15) is 4.98 Å². The molecule has 0 bridgehead atoms. The first-order valence-electron chi connectivity index (χ1n) is 9.94. The molecule has 1 heterocycles. The number of rotatable bonds is 11. The second-order valence-electron chi connectivity index (χ2n) is 6.43. The Morgan fingerprint density at radius 2 is 1.45 bits per heavy atom. The van der Waals surface area contributed by atoms with E-state index in [2.05, 4.69) is 10.3 Å². The summed E-state index contributed by atoms with van der Waals surface area (Å²) in [6.45, 7) is 4.34. The molecule has 0 aliphatic carbocycles.